The molecule has 0 unspecified atom stereocenters. The van der Waals surface area contributed by atoms with Crippen LogP contribution in [-0.4, -0.2) is 27.9 Å². The van der Waals surface area contributed by atoms with E-state index in [1.165, 1.54) is 10.7 Å². The minimum absolute atomic E-state index is 0.0607. The Morgan fingerprint density at radius 1 is 1.35 bits per heavy atom. The highest BCUT2D eigenvalue weighted by Gasteiger charge is 2.07. The summed E-state index contributed by atoms with van der Waals surface area (Å²) < 4.78 is 14.8. The van der Waals surface area contributed by atoms with Gasteiger partial charge in [-0.1, -0.05) is 23.4 Å². The van der Waals surface area contributed by atoms with Gasteiger partial charge in [0.05, 0.1) is 11.9 Å². The maximum atomic E-state index is 13.4. The van der Waals surface area contributed by atoms with Crippen LogP contribution in [0.5, 0.6) is 0 Å². The quantitative estimate of drug-likeness (QED) is 0.804. The Labute approximate surface area is 116 Å². The number of carbonyl (C=O) groups excluding carboxylic acids is 1. The van der Waals surface area contributed by atoms with Gasteiger partial charge in [0, 0.05) is 18.7 Å². The molecule has 0 aliphatic rings. The zero-order valence-electron chi connectivity index (χ0n) is 11.1. The second kappa shape index (κ2) is 6.76. The standard InChI is InChI=1S/C13H16FN5O/c1-15-7-11-8-19(18-17-11)9-13(20)16-6-10-4-2-3-5-12(10)14/h2-5,8,15H,6-7,9H2,1H3,(H,16,20). The van der Waals surface area contributed by atoms with Crippen molar-refractivity contribution in [1.29, 1.82) is 0 Å². The molecule has 0 radical (unpaired) electrons. The lowest BCUT2D eigenvalue weighted by Crippen LogP contribution is -2.27. The number of nitrogens with zero attached hydrogens (tertiary/aromatic N) is 3. The van der Waals surface area contributed by atoms with Crippen molar-refractivity contribution >= 4 is 5.91 Å². The third-order valence-electron chi connectivity index (χ3n) is 2.68. The third kappa shape index (κ3) is 3.86. The molecule has 0 fully saturated rings. The van der Waals surface area contributed by atoms with Crippen molar-refractivity contribution in [3.05, 3.63) is 47.5 Å². The molecule has 1 amide bonds. The molecule has 2 rings (SSSR count). The number of hydrogen-bond acceptors (Lipinski definition) is 4. The molecule has 2 aromatic rings. The molecule has 1 aromatic heterocycles. The molecule has 106 valence electrons. The molecule has 0 atom stereocenters. The third-order valence-corrected chi connectivity index (χ3v) is 2.68. The van der Waals surface area contributed by atoms with Crippen LogP contribution in [0.4, 0.5) is 4.39 Å². The van der Waals surface area contributed by atoms with E-state index in [1.54, 1.807) is 31.4 Å². The van der Waals surface area contributed by atoms with Gasteiger partial charge in [0.25, 0.3) is 0 Å². The van der Waals surface area contributed by atoms with Gasteiger partial charge in [-0.05, 0) is 13.1 Å². The van der Waals surface area contributed by atoms with Crippen LogP contribution >= 0.6 is 0 Å². The highest BCUT2D eigenvalue weighted by Crippen LogP contribution is 2.05. The van der Waals surface area contributed by atoms with Crippen molar-refractivity contribution < 1.29 is 9.18 Å². The van der Waals surface area contributed by atoms with E-state index in [0.717, 1.165) is 5.69 Å². The van der Waals surface area contributed by atoms with E-state index in [2.05, 4.69) is 20.9 Å². The molecule has 2 N–H and O–H groups in total. The van der Waals surface area contributed by atoms with Crippen LogP contribution < -0.4 is 10.6 Å². The summed E-state index contributed by atoms with van der Waals surface area (Å²) in [6, 6.07) is 6.34. The minimum atomic E-state index is -0.329. The van der Waals surface area contributed by atoms with Gasteiger partial charge in [0.15, 0.2) is 0 Å². The van der Waals surface area contributed by atoms with Crippen LogP contribution in [0.1, 0.15) is 11.3 Å². The number of halogens is 1. The SMILES string of the molecule is CNCc1cn(CC(=O)NCc2ccccc2F)nn1. The molecule has 1 heterocycles. The smallest absolute Gasteiger partial charge is 0.242 e. The Hall–Kier alpha value is -2.28. The van der Waals surface area contributed by atoms with Gasteiger partial charge in [0.1, 0.15) is 12.4 Å². The summed E-state index contributed by atoms with van der Waals surface area (Å²) >= 11 is 0. The van der Waals surface area contributed by atoms with E-state index in [4.69, 9.17) is 0 Å². The molecular formula is C13H16FN5O. The van der Waals surface area contributed by atoms with Gasteiger partial charge in [-0.25, -0.2) is 9.07 Å². The Kier molecular flexibility index (Phi) is 4.78. The summed E-state index contributed by atoms with van der Waals surface area (Å²) in [6.45, 7) is 0.811. The lowest BCUT2D eigenvalue weighted by atomic mass is 10.2. The first-order valence-corrected chi connectivity index (χ1v) is 6.22. The highest BCUT2D eigenvalue weighted by molar-refractivity contribution is 5.75. The van der Waals surface area contributed by atoms with Crippen LogP contribution in [0.3, 0.4) is 0 Å². The largest absolute Gasteiger partial charge is 0.350 e. The van der Waals surface area contributed by atoms with Crippen LogP contribution in [0, 0.1) is 5.82 Å². The first kappa shape index (κ1) is 14.1. The monoisotopic (exact) mass is 277 g/mol. The van der Waals surface area contributed by atoms with Crippen molar-refractivity contribution in [2.45, 2.75) is 19.6 Å². The number of carbonyl (C=O) groups is 1. The molecule has 1 aromatic carbocycles. The molecule has 6 nitrogen and oxygen atoms in total. The Morgan fingerprint density at radius 2 is 2.15 bits per heavy atom. The van der Waals surface area contributed by atoms with Crippen LogP contribution in [-0.2, 0) is 24.4 Å². The molecule has 7 heteroatoms. The first-order chi connectivity index (χ1) is 9.69. The average Bonchev–Trinajstić information content (AvgIpc) is 2.85. The first-order valence-electron chi connectivity index (χ1n) is 6.22. The zero-order chi connectivity index (χ0) is 14.4. The van der Waals surface area contributed by atoms with Gasteiger partial charge in [0.2, 0.25) is 5.91 Å². The Morgan fingerprint density at radius 3 is 2.90 bits per heavy atom. The van der Waals surface area contributed by atoms with E-state index in [9.17, 15) is 9.18 Å². The maximum Gasteiger partial charge on any atom is 0.242 e. The van der Waals surface area contributed by atoms with E-state index in [0.29, 0.717) is 12.1 Å². The molecular weight excluding hydrogens is 261 g/mol. The van der Waals surface area contributed by atoms with Gasteiger partial charge in [-0.15, -0.1) is 5.10 Å². The second-order valence-corrected chi connectivity index (χ2v) is 4.31. The number of rotatable bonds is 6. The number of amides is 1. The molecule has 0 bridgehead atoms. The minimum Gasteiger partial charge on any atom is -0.350 e. The Balaban J connectivity index is 1.84. The number of aromatic nitrogens is 3. The number of nitrogens with one attached hydrogen (secondary N) is 2. The van der Waals surface area contributed by atoms with Gasteiger partial charge < -0.3 is 10.6 Å². The molecule has 20 heavy (non-hydrogen) atoms. The molecule has 0 aliphatic carbocycles. The van der Waals surface area contributed by atoms with Crippen molar-refractivity contribution in [3.63, 3.8) is 0 Å². The average molecular weight is 277 g/mol. The molecule has 0 aliphatic heterocycles. The predicted octanol–water partition coefficient (Wildman–Crippen LogP) is 0.453. The van der Waals surface area contributed by atoms with Crippen LogP contribution in [0.2, 0.25) is 0 Å². The Bertz CT molecular complexity index is 584. The van der Waals surface area contributed by atoms with Crippen molar-refractivity contribution in [2.24, 2.45) is 0 Å². The van der Waals surface area contributed by atoms with Crippen LogP contribution in [0.15, 0.2) is 30.5 Å². The topological polar surface area (TPSA) is 71.8 Å². The molecule has 0 spiro atoms. The van der Waals surface area contributed by atoms with Crippen molar-refractivity contribution in [2.75, 3.05) is 7.05 Å². The number of hydrogen-bond donors (Lipinski definition) is 2. The fraction of sp³-hybridized carbons (Fsp3) is 0.308. The summed E-state index contributed by atoms with van der Waals surface area (Å²) in [7, 11) is 1.81. The van der Waals surface area contributed by atoms with Gasteiger partial charge in [-0.3, -0.25) is 4.79 Å². The fourth-order valence-electron chi connectivity index (χ4n) is 1.72. The lowest BCUT2D eigenvalue weighted by Gasteiger charge is -2.05. The predicted molar refractivity (Wildman–Crippen MR) is 71.0 cm³/mol. The van der Waals surface area contributed by atoms with E-state index >= 15 is 0 Å². The highest BCUT2D eigenvalue weighted by atomic mass is 19.1. The summed E-state index contributed by atoms with van der Waals surface area (Å²) in [4.78, 5) is 11.7. The number of benzene rings is 1. The van der Waals surface area contributed by atoms with E-state index in [1.807, 2.05) is 0 Å². The summed E-state index contributed by atoms with van der Waals surface area (Å²) in [5, 5.41) is 13.3. The van der Waals surface area contributed by atoms with Crippen molar-refractivity contribution in [1.82, 2.24) is 25.6 Å². The normalized spacial score (nSPS) is 10.5. The van der Waals surface area contributed by atoms with Gasteiger partial charge in [-0.2, -0.15) is 0 Å². The lowest BCUT2D eigenvalue weighted by molar-refractivity contribution is -0.122. The van der Waals surface area contributed by atoms with E-state index < -0.39 is 0 Å². The maximum absolute atomic E-state index is 13.4. The summed E-state index contributed by atoms with van der Waals surface area (Å²) in [5.41, 5.74) is 1.21. The van der Waals surface area contributed by atoms with E-state index in [-0.39, 0.29) is 24.8 Å². The summed E-state index contributed by atoms with van der Waals surface area (Å²) in [5.74, 6) is -0.570. The fourth-order valence-corrected chi connectivity index (χ4v) is 1.72. The van der Waals surface area contributed by atoms with Crippen LogP contribution in [0.25, 0.3) is 0 Å². The van der Waals surface area contributed by atoms with Crippen molar-refractivity contribution in [3.8, 4) is 0 Å². The molecule has 0 saturated heterocycles. The zero-order valence-corrected chi connectivity index (χ0v) is 11.1. The summed E-state index contributed by atoms with van der Waals surface area (Å²) in [6.07, 6.45) is 1.69. The van der Waals surface area contributed by atoms with Gasteiger partial charge >= 0.3 is 0 Å². The second-order valence-electron chi connectivity index (χ2n) is 4.31. The molecule has 0 saturated carbocycles.